The highest BCUT2D eigenvalue weighted by molar-refractivity contribution is 7.20. The zero-order valence-corrected chi connectivity index (χ0v) is 35.6. The number of benzene rings is 10. The number of aromatic nitrogens is 2. The summed E-state index contributed by atoms with van der Waals surface area (Å²) in [5.74, 6) is 0. The maximum absolute atomic E-state index is 2.93. The Bertz CT molecular complexity index is 3500. The molecule has 12 aromatic rings. The standard InChI is InChI=1S/C60H42N2Si/c1-6-20-43(21-7-1)45-24-18-25-47(40-45)61-57-39-37-48(42-55(57)53-38-36-46(41-58(53)61)44-22-8-2-9-23-44)62-56-34-17-16-32-52(56)54-33-19-35-59(60(54)62)63(49-26-10-3-11-27-49,50-28-12-4-13-29-50)51-30-14-5-15-31-51/h1-42H. The summed E-state index contributed by atoms with van der Waals surface area (Å²) in [7, 11) is -2.93. The summed E-state index contributed by atoms with van der Waals surface area (Å²) in [5, 5.41) is 10.4. The first-order valence-electron chi connectivity index (χ1n) is 21.8. The van der Waals surface area contributed by atoms with Crippen molar-refractivity contribution in [1.29, 1.82) is 0 Å². The zero-order chi connectivity index (χ0) is 41.7. The van der Waals surface area contributed by atoms with Crippen molar-refractivity contribution in [2.45, 2.75) is 0 Å². The molecule has 2 nitrogen and oxygen atoms in total. The third-order valence-corrected chi connectivity index (χ3v) is 17.9. The SMILES string of the molecule is c1ccc(-c2cccc(-n3c4ccc(-n5c6ccccc6c6cccc([Si](c7ccccc7)(c7ccccc7)c7ccccc7)c65)cc4c4ccc(-c5ccccc5)cc43)c2)cc1. The number of fused-ring (bicyclic) bond motifs is 6. The first-order valence-corrected chi connectivity index (χ1v) is 23.8. The lowest BCUT2D eigenvalue weighted by atomic mass is 10.0. The molecule has 0 saturated carbocycles. The average Bonchev–Trinajstić information content (AvgIpc) is 3.88. The second-order valence-electron chi connectivity index (χ2n) is 16.5. The van der Waals surface area contributed by atoms with E-state index in [4.69, 9.17) is 0 Å². The van der Waals surface area contributed by atoms with Gasteiger partial charge in [-0.25, -0.2) is 0 Å². The quantitative estimate of drug-likeness (QED) is 0.107. The minimum atomic E-state index is -2.93. The van der Waals surface area contributed by atoms with Gasteiger partial charge < -0.3 is 9.13 Å². The summed E-state index contributed by atoms with van der Waals surface area (Å²) >= 11 is 0. The second-order valence-corrected chi connectivity index (χ2v) is 20.2. The van der Waals surface area contributed by atoms with Crippen molar-refractivity contribution in [3.8, 4) is 33.6 Å². The minimum absolute atomic E-state index is 1.14. The minimum Gasteiger partial charge on any atom is -0.309 e. The molecule has 0 atom stereocenters. The van der Waals surface area contributed by atoms with Gasteiger partial charge in [-0.1, -0.05) is 212 Å². The number of hydrogen-bond acceptors (Lipinski definition) is 0. The first kappa shape index (κ1) is 36.8. The molecule has 0 aliphatic heterocycles. The van der Waals surface area contributed by atoms with Gasteiger partial charge in [-0.3, -0.25) is 0 Å². The Labute approximate surface area is 368 Å². The fraction of sp³-hybridized carbons (Fsp3) is 0. The van der Waals surface area contributed by atoms with Crippen LogP contribution in [0.3, 0.4) is 0 Å². The predicted molar refractivity (Wildman–Crippen MR) is 270 cm³/mol. The molecule has 0 unspecified atom stereocenters. The van der Waals surface area contributed by atoms with Gasteiger partial charge in [0.25, 0.3) is 0 Å². The monoisotopic (exact) mass is 818 g/mol. The molecule has 10 aromatic carbocycles. The Morgan fingerprint density at radius 1 is 0.254 bits per heavy atom. The van der Waals surface area contributed by atoms with Crippen LogP contribution >= 0.6 is 0 Å². The molecule has 2 aromatic heterocycles. The molecule has 0 radical (unpaired) electrons. The van der Waals surface area contributed by atoms with E-state index in [0.717, 1.165) is 11.4 Å². The van der Waals surface area contributed by atoms with Crippen LogP contribution in [0.5, 0.6) is 0 Å². The van der Waals surface area contributed by atoms with E-state index < -0.39 is 8.07 Å². The van der Waals surface area contributed by atoms with Crippen LogP contribution < -0.4 is 20.7 Å². The van der Waals surface area contributed by atoms with E-state index in [-0.39, 0.29) is 0 Å². The summed E-state index contributed by atoms with van der Waals surface area (Å²) in [6, 6.07) is 94.3. The Morgan fingerprint density at radius 2 is 0.730 bits per heavy atom. The number of nitrogens with zero attached hydrogens (tertiary/aromatic N) is 2. The Kier molecular flexibility index (Phi) is 8.87. The molecule has 63 heavy (non-hydrogen) atoms. The second kappa shape index (κ2) is 15.2. The van der Waals surface area contributed by atoms with Crippen molar-refractivity contribution in [2.75, 3.05) is 0 Å². The molecule has 0 bridgehead atoms. The van der Waals surface area contributed by atoms with Crippen molar-refractivity contribution in [2.24, 2.45) is 0 Å². The van der Waals surface area contributed by atoms with Crippen molar-refractivity contribution in [3.63, 3.8) is 0 Å². The zero-order valence-electron chi connectivity index (χ0n) is 34.6. The van der Waals surface area contributed by atoms with Crippen LogP contribution in [0.4, 0.5) is 0 Å². The van der Waals surface area contributed by atoms with Gasteiger partial charge in [-0.05, 0) is 85.5 Å². The van der Waals surface area contributed by atoms with Gasteiger partial charge in [-0.2, -0.15) is 0 Å². The highest BCUT2D eigenvalue weighted by Crippen LogP contribution is 2.39. The molecule has 0 spiro atoms. The molecule has 0 amide bonds. The van der Waals surface area contributed by atoms with Crippen LogP contribution in [0, 0.1) is 0 Å². The summed E-state index contributed by atoms with van der Waals surface area (Å²) in [6.45, 7) is 0. The van der Waals surface area contributed by atoms with Crippen LogP contribution in [-0.2, 0) is 0 Å². The van der Waals surface area contributed by atoms with E-state index >= 15 is 0 Å². The molecule has 0 N–H and O–H groups in total. The van der Waals surface area contributed by atoms with Crippen LogP contribution in [0.25, 0.3) is 77.2 Å². The van der Waals surface area contributed by atoms with E-state index in [1.54, 1.807) is 0 Å². The molecule has 0 fully saturated rings. The largest absolute Gasteiger partial charge is 0.309 e. The van der Waals surface area contributed by atoms with Crippen LogP contribution in [0.15, 0.2) is 255 Å². The van der Waals surface area contributed by atoms with Crippen molar-refractivity contribution < 1.29 is 0 Å². The molecule has 296 valence electrons. The number of hydrogen-bond donors (Lipinski definition) is 0. The predicted octanol–water partition coefficient (Wildman–Crippen LogP) is 12.6. The fourth-order valence-corrected chi connectivity index (χ4v) is 15.3. The maximum atomic E-state index is 2.56. The highest BCUT2D eigenvalue weighted by atomic mass is 28.3. The smallest absolute Gasteiger partial charge is 0.181 e. The van der Waals surface area contributed by atoms with Gasteiger partial charge in [0.1, 0.15) is 0 Å². The highest BCUT2D eigenvalue weighted by Gasteiger charge is 2.43. The third-order valence-electron chi connectivity index (χ3n) is 13.0. The summed E-state index contributed by atoms with van der Waals surface area (Å²) in [5.41, 5.74) is 11.9. The fourth-order valence-electron chi connectivity index (χ4n) is 10.3. The van der Waals surface area contributed by atoms with E-state index in [1.165, 1.54) is 86.6 Å². The van der Waals surface area contributed by atoms with Gasteiger partial charge in [0.15, 0.2) is 8.07 Å². The summed E-state index contributed by atoms with van der Waals surface area (Å²) in [6.07, 6.45) is 0. The van der Waals surface area contributed by atoms with Crippen molar-refractivity contribution >= 4 is 72.4 Å². The van der Waals surface area contributed by atoms with Crippen LogP contribution in [0.1, 0.15) is 0 Å². The lowest BCUT2D eigenvalue weighted by molar-refractivity contribution is 1.17. The van der Waals surface area contributed by atoms with E-state index in [0.29, 0.717) is 0 Å². The molecule has 12 rings (SSSR count). The molecule has 0 saturated heterocycles. The van der Waals surface area contributed by atoms with Gasteiger partial charge in [0, 0.05) is 32.9 Å². The topological polar surface area (TPSA) is 9.86 Å². The normalized spacial score (nSPS) is 11.8. The van der Waals surface area contributed by atoms with E-state index in [1.807, 2.05) is 0 Å². The Balaban J connectivity index is 1.17. The molecule has 0 aliphatic rings. The van der Waals surface area contributed by atoms with Crippen LogP contribution in [0.2, 0.25) is 0 Å². The molecule has 0 aliphatic carbocycles. The molecular formula is C60H42N2Si. The molecular weight excluding hydrogens is 777 g/mol. The molecule has 2 heterocycles. The number of para-hydroxylation sites is 2. The van der Waals surface area contributed by atoms with Crippen molar-refractivity contribution in [1.82, 2.24) is 9.13 Å². The summed E-state index contributed by atoms with van der Waals surface area (Å²) < 4.78 is 5.02. The van der Waals surface area contributed by atoms with E-state index in [9.17, 15) is 0 Å². The first-order chi connectivity index (χ1) is 31.3. The van der Waals surface area contributed by atoms with Crippen molar-refractivity contribution in [3.05, 3.63) is 255 Å². The lowest BCUT2D eigenvalue weighted by Gasteiger charge is -2.35. The van der Waals surface area contributed by atoms with Gasteiger partial charge in [0.2, 0.25) is 0 Å². The summed E-state index contributed by atoms with van der Waals surface area (Å²) in [4.78, 5) is 0. The third kappa shape index (κ3) is 5.93. The Morgan fingerprint density at radius 3 is 1.37 bits per heavy atom. The van der Waals surface area contributed by atoms with Gasteiger partial charge >= 0.3 is 0 Å². The average molecular weight is 819 g/mol. The van der Waals surface area contributed by atoms with E-state index in [2.05, 4.69) is 264 Å². The van der Waals surface area contributed by atoms with Gasteiger partial charge in [0.05, 0.1) is 22.1 Å². The maximum Gasteiger partial charge on any atom is 0.181 e. The lowest BCUT2D eigenvalue weighted by Crippen LogP contribution is -2.75. The van der Waals surface area contributed by atoms with Crippen LogP contribution in [-0.4, -0.2) is 17.2 Å². The molecule has 3 heteroatoms. The number of rotatable bonds is 8. The van der Waals surface area contributed by atoms with Gasteiger partial charge in [-0.15, -0.1) is 0 Å². The Hall–Kier alpha value is -7.98.